The number of nitrogens with one attached hydrogen (secondary N) is 1. The predicted molar refractivity (Wildman–Crippen MR) is 193 cm³/mol. The van der Waals surface area contributed by atoms with Gasteiger partial charge in [-0.15, -0.1) is 13.2 Å². The van der Waals surface area contributed by atoms with E-state index in [0.717, 1.165) is 24.0 Å². The number of fused-ring (bicyclic) bond motifs is 1. The van der Waals surface area contributed by atoms with Gasteiger partial charge in [-0.05, 0) is 36.8 Å². The molecule has 3 aliphatic heterocycles. The van der Waals surface area contributed by atoms with Crippen molar-refractivity contribution in [3.05, 3.63) is 97.1 Å². The second-order valence-corrected chi connectivity index (χ2v) is 14.5. The number of likely N-dealkylation sites (tertiary alicyclic amines) is 1. The van der Waals surface area contributed by atoms with Gasteiger partial charge in [-0.3, -0.25) is 19.2 Å². The topological polar surface area (TPSA) is 125 Å². The average Bonchev–Trinajstić information content (AvgIpc) is 3.73. The van der Waals surface area contributed by atoms with Crippen LogP contribution in [0.15, 0.2) is 86.0 Å². The minimum atomic E-state index is -1.30. The normalized spacial score (nSPS) is 26.2. The highest BCUT2D eigenvalue weighted by atomic mass is 79.9. The number of esters is 1. The average molecular weight is 751 g/mol. The minimum Gasteiger partial charge on any atom is -0.463 e. The van der Waals surface area contributed by atoms with Crippen LogP contribution < -0.4 is 5.32 Å². The zero-order valence-corrected chi connectivity index (χ0v) is 30.2. The van der Waals surface area contributed by atoms with Gasteiger partial charge in [0.1, 0.15) is 18.2 Å². The highest BCUT2D eigenvalue weighted by Crippen LogP contribution is 2.60. The van der Waals surface area contributed by atoms with Crippen LogP contribution in [0.5, 0.6) is 0 Å². The van der Waals surface area contributed by atoms with Crippen LogP contribution in [0, 0.1) is 11.8 Å². The summed E-state index contributed by atoms with van der Waals surface area (Å²) in [5, 5.41) is 13.9. The lowest BCUT2D eigenvalue weighted by molar-refractivity contribution is -0.151. The number of amides is 3. The number of halogens is 1. The summed E-state index contributed by atoms with van der Waals surface area (Å²) in [7, 11) is 0. The predicted octanol–water partition coefficient (Wildman–Crippen LogP) is 4.52. The van der Waals surface area contributed by atoms with Crippen LogP contribution in [-0.4, -0.2) is 93.5 Å². The van der Waals surface area contributed by atoms with E-state index < -0.39 is 53.5 Å². The molecule has 1 spiro atoms. The van der Waals surface area contributed by atoms with Crippen LogP contribution in [0.1, 0.15) is 56.2 Å². The molecule has 2 aromatic rings. The number of nitrogens with zero attached hydrogens (tertiary/aromatic N) is 2. The number of unbranched alkanes of at least 4 members (excludes halogenated alkanes) is 1. The summed E-state index contributed by atoms with van der Waals surface area (Å²) < 4.78 is 12.3. The Kier molecular flexibility index (Phi) is 12.7. The van der Waals surface area contributed by atoms with Gasteiger partial charge in [0, 0.05) is 24.3 Å². The standard InChI is InChI=1S/C39H48BrN3O7/c1-4-7-19-31(45)49-25-30(27-17-13-10-14-18-27)41-36(46)32-33-37(47)43(28(24-44)22-26-15-11-9-12-16-26)35(39(33)23-29(40)34(32)50-39)38(48)42(20-6-3)21-8-5-2/h4,6,9-18,28-30,32-35,44H,1,3,5,7-8,19-25H2,2H3,(H,41,46)/t28-,29?,30-,32-,33+,34-,35-,39+/m1/s1. The first kappa shape index (κ1) is 37.5. The molecule has 2 aromatic carbocycles. The molecule has 0 aromatic heterocycles. The molecule has 3 heterocycles. The zero-order valence-electron chi connectivity index (χ0n) is 28.6. The lowest BCUT2D eigenvalue weighted by Gasteiger charge is -2.39. The van der Waals surface area contributed by atoms with E-state index in [2.05, 4.69) is 34.4 Å². The number of carbonyl (C=O) groups is 4. The third-order valence-corrected chi connectivity index (χ3v) is 11.0. The molecule has 268 valence electrons. The number of aliphatic hydroxyl groups is 1. The number of hydrogen-bond acceptors (Lipinski definition) is 7. The first-order valence-corrected chi connectivity index (χ1v) is 18.4. The third kappa shape index (κ3) is 7.60. The largest absolute Gasteiger partial charge is 0.463 e. The number of alkyl halides is 1. The molecular weight excluding hydrogens is 702 g/mol. The van der Waals surface area contributed by atoms with E-state index in [0.29, 0.717) is 25.8 Å². The van der Waals surface area contributed by atoms with Crippen molar-refractivity contribution >= 4 is 39.6 Å². The van der Waals surface area contributed by atoms with Gasteiger partial charge < -0.3 is 29.7 Å². The number of carbonyl (C=O) groups excluding carboxylic acids is 4. The first-order valence-electron chi connectivity index (χ1n) is 17.5. The Balaban J connectivity index is 1.51. The van der Waals surface area contributed by atoms with Crippen LogP contribution in [0.4, 0.5) is 0 Å². The molecule has 0 radical (unpaired) electrons. The smallest absolute Gasteiger partial charge is 0.306 e. The summed E-state index contributed by atoms with van der Waals surface area (Å²) in [5.41, 5.74) is 0.336. The number of allylic oxidation sites excluding steroid dienone is 1. The fraction of sp³-hybridized carbons (Fsp3) is 0.487. The fourth-order valence-corrected chi connectivity index (χ4v) is 8.73. The number of benzene rings is 2. The quantitative estimate of drug-likeness (QED) is 0.131. The highest BCUT2D eigenvalue weighted by Gasteiger charge is 2.77. The van der Waals surface area contributed by atoms with E-state index in [9.17, 15) is 24.3 Å². The van der Waals surface area contributed by atoms with Crippen molar-refractivity contribution in [1.82, 2.24) is 15.1 Å². The second kappa shape index (κ2) is 16.9. The highest BCUT2D eigenvalue weighted by molar-refractivity contribution is 9.09. The molecule has 50 heavy (non-hydrogen) atoms. The summed E-state index contributed by atoms with van der Waals surface area (Å²) in [6, 6.07) is 16.2. The molecule has 1 unspecified atom stereocenters. The minimum absolute atomic E-state index is 0.101. The number of aliphatic hydroxyl groups excluding tert-OH is 1. The van der Waals surface area contributed by atoms with Crippen molar-refractivity contribution < 1.29 is 33.8 Å². The van der Waals surface area contributed by atoms with Gasteiger partial charge in [-0.1, -0.05) is 102 Å². The van der Waals surface area contributed by atoms with E-state index >= 15 is 0 Å². The van der Waals surface area contributed by atoms with Crippen molar-refractivity contribution in [3.8, 4) is 0 Å². The molecule has 5 rings (SSSR count). The Morgan fingerprint density at radius 2 is 1.84 bits per heavy atom. The molecule has 3 fully saturated rings. The molecule has 3 amide bonds. The summed E-state index contributed by atoms with van der Waals surface area (Å²) in [5.74, 6) is -3.42. The molecule has 10 nitrogen and oxygen atoms in total. The van der Waals surface area contributed by atoms with E-state index in [1.54, 1.807) is 17.1 Å². The second-order valence-electron chi connectivity index (χ2n) is 13.3. The molecule has 0 saturated carbocycles. The maximum Gasteiger partial charge on any atom is 0.306 e. The van der Waals surface area contributed by atoms with Crippen molar-refractivity contribution in [1.29, 1.82) is 0 Å². The van der Waals surface area contributed by atoms with E-state index in [1.807, 2.05) is 67.6 Å². The van der Waals surface area contributed by atoms with Gasteiger partial charge in [-0.2, -0.15) is 0 Å². The first-order chi connectivity index (χ1) is 24.2. The SMILES string of the molecule is C=CCCC(=O)OC[C@@H](NC(=O)[C@H]1[C@@H]2O[C@@]3(CC2Br)[C@@H]1C(=O)N([C@@H](CO)Cc1ccccc1)[C@@H]3C(=O)N(CC=C)CCCC)c1ccccc1. The zero-order chi connectivity index (χ0) is 35.8. The van der Waals surface area contributed by atoms with Crippen LogP contribution in [0.2, 0.25) is 0 Å². The molecule has 11 heteroatoms. The molecule has 8 atom stereocenters. The number of rotatable bonds is 18. The Morgan fingerprint density at radius 1 is 1.14 bits per heavy atom. The Hall–Kier alpha value is -3.80. The van der Waals surface area contributed by atoms with Gasteiger partial charge in [-0.25, -0.2) is 0 Å². The van der Waals surface area contributed by atoms with Crippen LogP contribution in [0.25, 0.3) is 0 Å². The van der Waals surface area contributed by atoms with Gasteiger partial charge >= 0.3 is 5.97 Å². The van der Waals surface area contributed by atoms with Crippen molar-refractivity contribution in [2.24, 2.45) is 11.8 Å². The van der Waals surface area contributed by atoms with Crippen molar-refractivity contribution in [2.75, 3.05) is 26.3 Å². The molecule has 0 aliphatic carbocycles. The Labute approximate surface area is 303 Å². The monoisotopic (exact) mass is 749 g/mol. The van der Waals surface area contributed by atoms with E-state index in [-0.39, 0.29) is 42.8 Å². The molecule has 3 aliphatic rings. The summed E-state index contributed by atoms with van der Waals surface area (Å²) >= 11 is 3.75. The maximum atomic E-state index is 14.8. The lowest BCUT2D eigenvalue weighted by Crippen LogP contribution is -2.59. The van der Waals surface area contributed by atoms with E-state index in [4.69, 9.17) is 9.47 Å². The lowest BCUT2D eigenvalue weighted by atomic mass is 9.70. The third-order valence-electron chi connectivity index (χ3n) is 10.1. The van der Waals surface area contributed by atoms with Gasteiger partial charge in [0.15, 0.2) is 0 Å². The van der Waals surface area contributed by atoms with Gasteiger partial charge in [0.2, 0.25) is 17.7 Å². The Bertz CT molecular complexity index is 1520. The van der Waals surface area contributed by atoms with Crippen LogP contribution >= 0.6 is 15.9 Å². The van der Waals surface area contributed by atoms with Crippen LogP contribution in [0.3, 0.4) is 0 Å². The molecule has 2 bridgehead atoms. The summed E-state index contributed by atoms with van der Waals surface area (Å²) in [4.78, 5) is 59.3. The molecule has 2 N–H and O–H groups in total. The fourth-order valence-electron chi connectivity index (χ4n) is 7.79. The Morgan fingerprint density at radius 3 is 2.48 bits per heavy atom. The van der Waals surface area contributed by atoms with Gasteiger partial charge in [0.05, 0.1) is 36.6 Å². The summed E-state index contributed by atoms with van der Waals surface area (Å²) in [6.45, 7) is 9.84. The molecular formula is C39H48BrN3O7. The van der Waals surface area contributed by atoms with Gasteiger partial charge in [0.25, 0.3) is 0 Å². The van der Waals surface area contributed by atoms with E-state index in [1.165, 1.54) is 4.90 Å². The van der Waals surface area contributed by atoms with Crippen LogP contribution in [-0.2, 0) is 35.1 Å². The number of ether oxygens (including phenoxy) is 2. The maximum absolute atomic E-state index is 14.8. The van der Waals surface area contributed by atoms with Crippen molar-refractivity contribution in [2.45, 2.75) is 80.1 Å². The number of hydrogen-bond donors (Lipinski definition) is 2. The summed E-state index contributed by atoms with van der Waals surface area (Å²) in [6.07, 6.45) is 5.55. The molecule has 3 saturated heterocycles. The van der Waals surface area contributed by atoms with Crippen molar-refractivity contribution in [3.63, 3.8) is 0 Å².